The summed E-state index contributed by atoms with van der Waals surface area (Å²) in [5.74, 6) is -0.910. The molecule has 0 aliphatic carbocycles. The molecule has 0 aliphatic rings. The highest BCUT2D eigenvalue weighted by Crippen LogP contribution is 2.27. The maximum absolute atomic E-state index is 13.2. The van der Waals surface area contributed by atoms with E-state index in [0.717, 1.165) is 27.1 Å². The van der Waals surface area contributed by atoms with Crippen molar-refractivity contribution in [3.05, 3.63) is 95.8 Å². The zero-order valence-corrected chi connectivity index (χ0v) is 13.8. The largest absolute Gasteiger partial charge is 0.271 e. The Morgan fingerprint density at radius 1 is 0.846 bits per heavy atom. The van der Waals surface area contributed by atoms with Gasteiger partial charge in [-0.1, -0.05) is 54.6 Å². The van der Waals surface area contributed by atoms with Crippen LogP contribution in [0, 0.1) is 5.82 Å². The highest BCUT2D eigenvalue weighted by atomic mass is 19.1. The van der Waals surface area contributed by atoms with Crippen LogP contribution in [0.3, 0.4) is 0 Å². The maximum Gasteiger partial charge on any atom is 0.271 e. The monoisotopic (exact) mass is 342 g/mol. The van der Waals surface area contributed by atoms with Gasteiger partial charge in [-0.3, -0.25) is 4.79 Å². The molecule has 4 rings (SSSR count). The van der Waals surface area contributed by atoms with Crippen LogP contribution < -0.4 is 5.43 Å². The van der Waals surface area contributed by atoms with Gasteiger partial charge in [0.25, 0.3) is 5.91 Å². The van der Waals surface area contributed by atoms with E-state index in [1.807, 2.05) is 48.5 Å². The molecule has 1 amide bonds. The Kier molecular flexibility index (Phi) is 4.15. The second kappa shape index (κ2) is 6.76. The van der Waals surface area contributed by atoms with Gasteiger partial charge in [-0.15, -0.1) is 0 Å². The van der Waals surface area contributed by atoms with Gasteiger partial charge in [-0.2, -0.15) is 5.10 Å². The summed E-state index contributed by atoms with van der Waals surface area (Å²) in [4.78, 5) is 12.1. The van der Waals surface area contributed by atoms with E-state index in [1.165, 1.54) is 18.2 Å². The molecular weight excluding hydrogens is 327 g/mol. The van der Waals surface area contributed by atoms with E-state index in [2.05, 4.69) is 16.6 Å². The van der Waals surface area contributed by atoms with Crippen LogP contribution in [0.2, 0.25) is 0 Å². The number of carbonyl (C=O) groups excluding carboxylic acids is 1. The summed E-state index contributed by atoms with van der Waals surface area (Å²) in [6.45, 7) is 0. The minimum Gasteiger partial charge on any atom is -0.267 e. The topological polar surface area (TPSA) is 41.5 Å². The van der Waals surface area contributed by atoms with Gasteiger partial charge < -0.3 is 0 Å². The van der Waals surface area contributed by atoms with Crippen molar-refractivity contribution in [3.63, 3.8) is 0 Å². The molecule has 0 radical (unpaired) electrons. The zero-order chi connectivity index (χ0) is 17.9. The summed E-state index contributed by atoms with van der Waals surface area (Å²) in [5, 5.41) is 8.40. The number of fused-ring (bicyclic) bond motifs is 2. The molecule has 0 saturated carbocycles. The molecule has 0 aliphatic heterocycles. The van der Waals surface area contributed by atoms with Gasteiger partial charge in [0.05, 0.1) is 6.21 Å². The minimum atomic E-state index is -0.457. The average Bonchev–Trinajstić information content (AvgIpc) is 2.67. The van der Waals surface area contributed by atoms with Gasteiger partial charge in [-0.25, -0.2) is 9.82 Å². The molecule has 26 heavy (non-hydrogen) atoms. The lowest BCUT2D eigenvalue weighted by Crippen LogP contribution is -2.17. The number of carbonyl (C=O) groups is 1. The summed E-state index contributed by atoms with van der Waals surface area (Å²) >= 11 is 0. The maximum atomic E-state index is 13.2. The first-order chi connectivity index (χ1) is 12.7. The van der Waals surface area contributed by atoms with E-state index < -0.39 is 11.7 Å². The van der Waals surface area contributed by atoms with Crippen LogP contribution in [-0.2, 0) is 0 Å². The molecule has 0 aromatic heterocycles. The molecule has 4 aromatic carbocycles. The van der Waals surface area contributed by atoms with Crippen molar-refractivity contribution >= 4 is 33.7 Å². The third-order valence-corrected chi connectivity index (χ3v) is 4.26. The van der Waals surface area contributed by atoms with Crippen molar-refractivity contribution in [3.8, 4) is 0 Å². The first kappa shape index (κ1) is 16.0. The van der Waals surface area contributed by atoms with Gasteiger partial charge in [0.1, 0.15) is 5.82 Å². The number of rotatable bonds is 3. The van der Waals surface area contributed by atoms with Crippen LogP contribution in [0.1, 0.15) is 15.9 Å². The Hall–Kier alpha value is -3.53. The lowest BCUT2D eigenvalue weighted by molar-refractivity contribution is 0.0954. The van der Waals surface area contributed by atoms with Gasteiger partial charge in [0, 0.05) is 11.1 Å². The molecule has 4 aromatic rings. The highest BCUT2D eigenvalue weighted by molar-refractivity contribution is 6.13. The van der Waals surface area contributed by atoms with E-state index in [9.17, 15) is 9.18 Å². The number of hydrogen-bond acceptors (Lipinski definition) is 2. The van der Waals surface area contributed by atoms with Crippen LogP contribution in [0.4, 0.5) is 4.39 Å². The zero-order valence-electron chi connectivity index (χ0n) is 13.8. The van der Waals surface area contributed by atoms with E-state index in [0.29, 0.717) is 0 Å². The molecule has 0 atom stereocenters. The fourth-order valence-electron chi connectivity index (χ4n) is 3.04. The van der Waals surface area contributed by atoms with Gasteiger partial charge in [0.2, 0.25) is 0 Å². The average molecular weight is 342 g/mol. The Bertz CT molecular complexity index is 1100. The van der Waals surface area contributed by atoms with Gasteiger partial charge in [-0.05, 0) is 45.8 Å². The predicted molar refractivity (Wildman–Crippen MR) is 103 cm³/mol. The van der Waals surface area contributed by atoms with Crippen LogP contribution in [0.5, 0.6) is 0 Å². The second-order valence-electron chi connectivity index (χ2n) is 5.94. The Labute approximate surface area is 149 Å². The molecule has 0 saturated heterocycles. The van der Waals surface area contributed by atoms with Crippen molar-refractivity contribution in [1.29, 1.82) is 0 Å². The van der Waals surface area contributed by atoms with Crippen molar-refractivity contribution in [2.45, 2.75) is 0 Å². The number of halogens is 1. The fraction of sp³-hybridized carbons (Fsp3) is 0. The SMILES string of the molecule is O=C(N/N=C\c1c2ccccc2cc2ccccc12)c1cccc(F)c1. The second-order valence-corrected chi connectivity index (χ2v) is 5.94. The number of benzene rings is 4. The highest BCUT2D eigenvalue weighted by Gasteiger charge is 2.07. The first-order valence-electron chi connectivity index (χ1n) is 8.22. The van der Waals surface area contributed by atoms with Gasteiger partial charge >= 0.3 is 0 Å². The van der Waals surface area contributed by atoms with Crippen molar-refractivity contribution in [1.82, 2.24) is 5.43 Å². The van der Waals surface area contributed by atoms with Crippen molar-refractivity contribution in [2.75, 3.05) is 0 Å². The Balaban J connectivity index is 1.71. The molecule has 126 valence electrons. The third-order valence-electron chi connectivity index (χ3n) is 4.26. The number of amides is 1. The summed E-state index contributed by atoms with van der Waals surface area (Å²) in [7, 11) is 0. The van der Waals surface area contributed by atoms with Crippen molar-refractivity contribution in [2.24, 2.45) is 5.10 Å². The van der Waals surface area contributed by atoms with Crippen molar-refractivity contribution < 1.29 is 9.18 Å². The third kappa shape index (κ3) is 3.05. The summed E-state index contributed by atoms with van der Waals surface area (Å²) in [5.41, 5.74) is 3.62. The molecule has 0 heterocycles. The minimum absolute atomic E-state index is 0.227. The number of nitrogens with one attached hydrogen (secondary N) is 1. The van der Waals surface area contributed by atoms with E-state index in [4.69, 9.17) is 0 Å². The van der Waals surface area contributed by atoms with E-state index in [1.54, 1.807) is 12.3 Å². The fourth-order valence-corrected chi connectivity index (χ4v) is 3.04. The molecule has 0 fully saturated rings. The summed E-state index contributed by atoms with van der Waals surface area (Å²) < 4.78 is 13.2. The lowest BCUT2D eigenvalue weighted by atomic mass is 9.97. The predicted octanol–water partition coefficient (Wildman–Crippen LogP) is 4.90. The Morgan fingerprint density at radius 3 is 2.15 bits per heavy atom. The molecule has 0 spiro atoms. The van der Waals surface area contributed by atoms with Crippen LogP contribution >= 0.6 is 0 Å². The quantitative estimate of drug-likeness (QED) is 0.321. The van der Waals surface area contributed by atoms with E-state index >= 15 is 0 Å². The molecule has 3 nitrogen and oxygen atoms in total. The molecule has 1 N–H and O–H groups in total. The smallest absolute Gasteiger partial charge is 0.267 e. The van der Waals surface area contributed by atoms with Crippen LogP contribution in [0.15, 0.2) is 84.0 Å². The summed E-state index contributed by atoms with van der Waals surface area (Å²) in [6, 6.07) is 23.7. The first-order valence-corrected chi connectivity index (χ1v) is 8.22. The lowest BCUT2D eigenvalue weighted by Gasteiger charge is -2.08. The number of nitrogens with zero attached hydrogens (tertiary/aromatic N) is 1. The molecule has 0 bridgehead atoms. The molecule has 0 unspecified atom stereocenters. The summed E-state index contributed by atoms with van der Waals surface area (Å²) in [6.07, 6.45) is 1.64. The molecule has 4 heteroatoms. The number of hydrazone groups is 1. The molecular formula is C22H15FN2O. The van der Waals surface area contributed by atoms with Gasteiger partial charge in [0.15, 0.2) is 0 Å². The van der Waals surface area contributed by atoms with E-state index in [-0.39, 0.29) is 5.56 Å². The normalized spacial score (nSPS) is 11.3. The van der Waals surface area contributed by atoms with Crippen LogP contribution in [-0.4, -0.2) is 12.1 Å². The standard InChI is InChI=1S/C22H15FN2O/c23-18-9-5-8-17(13-18)22(26)25-24-14-21-19-10-3-1-6-15(19)12-16-7-2-4-11-20(16)21/h1-14H,(H,25,26)/b24-14-. The van der Waals surface area contributed by atoms with Crippen LogP contribution in [0.25, 0.3) is 21.5 Å². The number of hydrogen-bond donors (Lipinski definition) is 1. The Morgan fingerprint density at radius 2 is 1.50 bits per heavy atom.